The van der Waals surface area contributed by atoms with Gasteiger partial charge in [-0.3, -0.25) is 10.3 Å². The van der Waals surface area contributed by atoms with E-state index in [4.69, 9.17) is 0 Å². The molecule has 2 aromatic rings. The van der Waals surface area contributed by atoms with Gasteiger partial charge in [0, 0.05) is 17.9 Å². The average Bonchev–Trinajstić information content (AvgIpc) is 2.74. The molecule has 2 heterocycles. The number of unbranched alkanes of at least 4 members (excludes halogenated alkanes) is 1. The maximum atomic E-state index is 13.2. The van der Waals surface area contributed by atoms with Gasteiger partial charge >= 0.3 is 0 Å². The fraction of sp³-hybridized carbons (Fsp3) is 0.450. The normalized spacial score (nSPS) is 25.1. The van der Waals surface area contributed by atoms with Crippen LogP contribution < -0.4 is 5.32 Å². The van der Waals surface area contributed by atoms with Crippen LogP contribution >= 0.6 is 0 Å². The number of pyridine rings is 1. The zero-order chi connectivity index (χ0) is 17.9. The first-order valence-corrected chi connectivity index (χ1v) is 10.7. The highest BCUT2D eigenvalue weighted by atomic mass is 32.2. The minimum Gasteiger partial charge on any atom is -0.300 e. The molecule has 2 unspecified atom stereocenters. The largest absolute Gasteiger partial charge is 0.300 e. The van der Waals surface area contributed by atoms with Gasteiger partial charge in [-0.05, 0) is 36.1 Å². The van der Waals surface area contributed by atoms with E-state index in [0.717, 1.165) is 36.8 Å². The van der Waals surface area contributed by atoms with Gasteiger partial charge in [0.15, 0.2) is 9.84 Å². The Kier molecular flexibility index (Phi) is 5.25. The predicted molar refractivity (Wildman–Crippen MR) is 100 cm³/mol. The second-order valence-corrected chi connectivity index (χ2v) is 8.86. The highest BCUT2D eigenvalue weighted by Gasteiger charge is 2.41. The summed E-state index contributed by atoms with van der Waals surface area (Å²) in [6.45, 7) is 4.22. The molecule has 0 radical (unpaired) electrons. The van der Waals surface area contributed by atoms with E-state index in [1.165, 1.54) is 0 Å². The lowest BCUT2D eigenvalue weighted by molar-refractivity contribution is 0.294. The molecule has 1 aliphatic rings. The summed E-state index contributed by atoms with van der Waals surface area (Å²) in [4.78, 5) is 4.69. The smallest absolute Gasteiger partial charge is 0.180 e. The summed E-state index contributed by atoms with van der Waals surface area (Å²) >= 11 is 0. The molecule has 0 fully saturated rings. The lowest BCUT2D eigenvalue weighted by Gasteiger charge is -2.35. The van der Waals surface area contributed by atoms with Crippen LogP contribution in [0, 0.1) is 0 Å². The van der Waals surface area contributed by atoms with Gasteiger partial charge in [0.05, 0.1) is 16.7 Å². The predicted octanol–water partition coefficient (Wildman–Crippen LogP) is 3.89. The van der Waals surface area contributed by atoms with Crippen molar-refractivity contribution in [2.45, 2.75) is 56.0 Å². The number of sulfone groups is 1. The van der Waals surface area contributed by atoms with E-state index < -0.39 is 15.4 Å². The van der Waals surface area contributed by atoms with Crippen molar-refractivity contribution in [1.82, 2.24) is 10.3 Å². The fourth-order valence-corrected chi connectivity index (χ4v) is 5.87. The van der Waals surface area contributed by atoms with Crippen LogP contribution in [-0.2, 0) is 9.84 Å². The minimum atomic E-state index is -3.35. The quantitative estimate of drug-likeness (QED) is 0.881. The van der Waals surface area contributed by atoms with Crippen molar-refractivity contribution >= 4 is 9.84 Å². The third kappa shape index (κ3) is 3.62. The number of aromatic nitrogens is 1. The van der Waals surface area contributed by atoms with Gasteiger partial charge in [-0.25, -0.2) is 8.42 Å². The molecule has 0 spiro atoms. The molecule has 1 N–H and O–H groups in total. The second-order valence-electron chi connectivity index (χ2n) is 6.90. The summed E-state index contributed by atoms with van der Waals surface area (Å²) in [5.41, 5.74) is 1.40. The summed E-state index contributed by atoms with van der Waals surface area (Å²) < 4.78 is 26.3. The monoisotopic (exact) mass is 358 g/mol. The Morgan fingerprint density at radius 2 is 2.00 bits per heavy atom. The van der Waals surface area contributed by atoms with Crippen molar-refractivity contribution in [3.8, 4) is 0 Å². The first-order valence-electron chi connectivity index (χ1n) is 9.00. The van der Waals surface area contributed by atoms with Gasteiger partial charge < -0.3 is 0 Å². The average molecular weight is 359 g/mol. The third-order valence-electron chi connectivity index (χ3n) is 5.19. The number of benzene rings is 1. The Bertz CT molecular complexity index is 821. The molecule has 1 aliphatic heterocycles. The molecule has 1 aromatic carbocycles. The van der Waals surface area contributed by atoms with Crippen LogP contribution in [0.15, 0.2) is 53.7 Å². The van der Waals surface area contributed by atoms with Crippen LogP contribution in [0.3, 0.4) is 0 Å². The Morgan fingerprint density at radius 3 is 2.68 bits per heavy atom. The number of nitrogens with zero attached hydrogens (tertiary/aromatic N) is 1. The van der Waals surface area contributed by atoms with Crippen molar-refractivity contribution in [2.24, 2.45) is 0 Å². The summed E-state index contributed by atoms with van der Waals surface area (Å²) in [5.74, 6) is 0.143. The van der Waals surface area contributed by atoms with Gasteiger partial charge in [0.2, 0.25) is 0 Å². The summed E-state index contributed by atoms with van der Waals surface area (Å²) in [5, 5.41) is 3.72. The Labute approximate surface area is 150 Å². The van der Waals surface area contributed by atoms with Crippen LogP contribution in [0.2, 0.25) is 0 Å². The number of hydrogen-bond donors (Lipinski definition) is 1. The maximum absolute atomic E-state index is 13.2. The standard InChI is InChI=1S/C20H26N2O2S/c1-3-5-12-20(4-2)15-25(23,24)18-11-7-6-10-17(18)19(22-20)16-9-8-13-21-14-16/h6-11,13-14,19,22H,3-5,12,15H2,1-2H3. The van der Waals surface area contributed by atoms with Crippen molar-refractivity contribution in [1.29, 1.82) is 0 Å². The summed E-state index contributed by atoms with van der Waals surface area (Å²) in [7, 11) is -3.35. The number of hydrogen-bond acceptors (Lipinski definition) is 4. The molecule has 1 aromatic heterocycles. The molecule has 3 rings (SSSR count). The van der Waals surface area contributed by atoms with Crippen molar-refractivity contribution in [2.75, 3.05) is 5.75 Å². The molecular formula is C20H26N2O2S. The SMILES string of the molecule is CCCCC1(CC)CS(=O)(=O)c2ccccc2C(c2cccnc2)N1. The van der Waals surface area contributed by atoms with Crippen LogP contribution in [0.1, 0.15) is 56.7 Å². The molecular weight excluding hydrogens is 332 g/mol. The lowest BCUT2D eigenvalue weighted by Crippen LogP contribution is -2.50. The Hall–Kier alpha value is -1.72. The van der Waals surface area contributed by atoms with Gasteiger partial charge in [-0.2, -0.15) is 0 Å². The highest BCUT2D eigenvalue weighted by Crippen LogP contribution is 2.37. The zero-order valence-corrected chi connectivity index (χ0v) is 15.7. The third-order valence-corrected chi connectivity index (χ3v) is 7.16. The molecule has 0 saturated heterocycles. The van der Waals surface area contributed by atoms with E-state index in [1.54, 1.807) is 12.3 Å². The van der Waals surface area contributed by atoms with E-state index in [2.05, 4.69) is 24.1 Å². The molecule has 0 saturated carbocycles. The molecule has 5 heteroatoms. The first-order chi connectivity index (χ1) is 12.0. The van der Waals surface area contributed by atoms with Crippen LogP contribution in [-0.4, -0.2) is 24.7 Å². The lowest BCUT2D eigenvalue weighted by atomic mass is 9.88. The summed E-state index contributed by atoms with van der Waals surface area (Å²) in [6.07, 6.45) is 7.25. The van der Waals surface area contributed by atoms with Crippen molar-refractivity contribution in [3.05, 3.63) is 59.9 Å². The molecule has 2 atom stereocenters. The zero-order valence-electron chi connectivity index (χ0n) is 14.9. The van der Waals surface area contributed by atoms with Crippen LogP contribution in [0.4, 0.5) is 0 Å². The van der Waals surface area contributed by atoms with Crippen LogP contribution in [0.25, 0.3) is 0 Å². The molecule has 4 nitrogen and oxygen atoms in total. The number of rotatable bonds is 5. The molecule has 0 aliphatic carbocycles. The van der Waals surface area contributed by atoms with Gasteiger partial charge in [-0.1, -0.05) is 51.0 Å². The fourth-order valence-electron chi connectivity index (χ4n) is 3.72. The molecule has 0 bridgehead atoms. The molecule has 25 heavy (non-hydrogen) atoms. The number of fused-ring (bicyclic) bond motifs is 1. The molecule has 134 valence electrons. The second kappa shape index (κ2) is 7.26. The van der Waals surface area contributed by atoms with Crippen molar-refractivity contribution in [3.63, 3.8) is 0 Å². The topological polar surface area (TPSA) is 59.1 Å². The van der Waals surface area contributed by atoms with E-state index in [0.29, 0.717) is 4.90 Å². The van der Waals surface area contributed by atoms with E-state index >= 15 is 0 Å². The van der Waals surface area contributed by atoms with Crippen LogP contribution in [0.5, 0.6) is 0 Å². The van der Waals surface area contributed by atoms with Crippen molar-refractivity contribution < 1.29 is 8.42 Å². The molecule has 0 amide bonds. The minimum absolute atomic E-state index is 0.143. The Balaban J connectivity index is 2.17. The van der Waals surface area contributed by atoms with Gasteiger partial charge in [-0.15, -0.1) is 0 Å². The number of nitrogens with one attached hydrogen (secondary N) is 1. The van der Waals surface area contributed by atoms with Gasteiger partial charge in [0.1, 0.15) is 0 Å². The van der Waals surface area contributed by atoms with E-state index in [-0.39, 0.29) is 11.8 Å². The summed E-state index contributed by atoms with van der Waals surface area (Å²) in [6, 6.07) is 11.1. The highest BCUT2D eigenvalue weighted by molar-refractivity contribution is 7.91. The maximum Gasteiger partial charge on any atom is 0.180 e. The van der Waals surface area contributed by atoms with E-state index in [9.17, 15) is 8.42 Å². The van der Waals surface area contributed by atoms with E-state index in [1.807, 2.05) is 36.5 Å². The first kappa shape index (κ1) is 18.1. The Morgan fingerprint density at radius 1 is 1.20 bits per heavy atom. The van der Waals surface area contributed by atoms with Gasteiger partial charge in [0.25, 0.3) is 0 Å².